The molecule has 0 radical (unpaired) electrons. The molecule has 31 heavy (non-hydrogen) atoms. The van der Waals surface area contributed by atoms with E-state index in [0.29, 0.717) is 21.2 Å². The summed E-state index contributed by atoms with van der Waals surface area (Å²) < 4.78 is 16.7. The molecule has 0 aliphatic carbocycles. The fourth-order valence-electron chi connectivity index (χ4n) is 2.91. The van der Waals surface area contributed by atoms with Gasteiger partial charge in [-0.05, 0) is 42.5 Å². The van der Waals surface area contributed by atoms with E-state index in [9.17, 15) is 9.59 Å². The first kappa shape index (κ1) is 21.2. The molecule has 3 aromatic carbocycles. The Balaban J connectivity index is 1.69. The van der Waals surface area contributed by atoms with Crippen LogP contribution in [0.25, 0.3) is 22.3 Å². The van der Waals surface area contributed by atoms with Crippen molar-refractivity contribution < 1.29 is 18.7 Å². The van der Waals surface area contributed by atoms with Crippen LogP contribution < -0.4 is 14.9 Å². The molecule has 0 saturated carbocycles. The minimum atomic E-state index is -0.818. The number of hydrogen-bond donors (Lipinski definition) is 0. The highest BCUT2D eigenvalue weighted by atomic mass is 35.5. The Morgan fingerprint density at radius 1 is 0.903 bits per heavy atom. The molecule has 0 bridgehead atoms. The van der Waals surface area contributed by atoms with Crippen LogP contribution in [0.1, 0.15) is 0 Å². The van der Waals surface area contributed by atoms with Gasteiger partial charge in [-0.3, -0.25) is 4.79 Å². The van der Waals surface area contributed by atoms with Crippen LogP contribution in [0, 0.1) is 0 Å². The summed E-state index contributed by atoms with van der Waals surface area (Å²) in [5.74, 6) is -0.795. The normalized spacial score (nSPS) is 10.8. The quantitative estimate of drug-likeness (QED) is 0.312. The van der Waals surface area contributed by atoms with Gasteiger partial charge in [0.15, 0.2) is 12.4 Å². The van der Waals surface area contributed by atoms with Gasteiger partial charge in [-0.2, -0.15) is 0 Å². The molecule has 0 aliphatic rings. The number of benzene rings is 3. The Morgan fingerprint density at radius 3 is 2.42 bits per heavy atom. The highest BCUT2D eigenvalue weighted by molar-refractivity contribution is 6.35. The number of fused-ring (bicyclic) bond motifs is 1. The van der Waals surface area contributed by atoms with Crippen LogP contribution in [0.4, 0.5) is 0 Å². The molecule has 0 N–H and O–H groups in total. The Bertz CT molecular complexity index is 1350. The first-order valence-electron chi connectivity index (χ1n) is 9.03. The van der Waals surface area contributed by atoms with Gasteiger partial charge in [-0.25, -0.2) is 4.79 Å². The van der Waals surface area contributed by atoms with Crippen molar-refractivity contribution in [2.24, 2.45) is 0 Å². The molecule has 0 spiro atoms. The summed E-state index contributed by atoms with van der Waals surface area (Å²) in [5.41, 5.74) is 0.248. The van der Waals surface area contributed by atoms with Crippen LogP contribution in [-0.4, -0.2) is 12.6 Å². The molecular formula is C23H13Cl3O5. The fraction of sp³-hybridized carbons (Fsp3) is 0.0435. The van der Waals surface area contributed by atoms with Crippen LogP contribution in [-0.2, 0) is 4.79 Å². The van der Waals surface area contributed by atoms with Gasteiger partial charge >= 0.3 is 5.97 Å². The van der Waals surface area contributed by atoms with Gasteiger partial charge in [0.2, 0.25) is 11.2 Å². The van der Waals surface area contributed by atoms with Crippen molar-refractivity contribution in [2.45, 2.75) is 0 Å². The lowest BCUT2D eigenvalue weighted by Gasteiger charge is -2.12. The van der Waals surface area contributed by atoms with Gasteiger partial charge in [0.25, 0.3) is 0 Å². The largest absolute Gasteiger partial charge is 0.480 e. The summed E-state index contributed by atoms with van der Waals surface area (Å²) in [7, 11) is 0. The second-order valence-corrected chi connectivity index (χ2v) is 7.65. The van der Waals surface area contributed by atoms with Crippen molar-refractivity contribution in [2.75, 3.05) is 6.61 Å². The molecule has 0 atom stereocenters. The lowest BCUT2D eigenvalue weighted by molar-refractivity contribution is -0.136. The van der Waals surface area contributed by atoms with Gasteiger partial charge in [0.1, 0.15) is 11.3 Å². The van der Waals surface area contributed by atoms with Gasteiger partial charge in [-0.15, -0.1) is 0 Å². The highest BCUT2D eigenvalue weighted by Gasteiger charge is 2.22. The Labute approximate surface area is 191 Å². The second kappa shape index (κ2) is 9.02. The fourth-order valence-corrected chi connectivity index (χ4v) is 3.60. The van der Waals surface area contributed by atoms with Crippen LogP contribution in [0.3, 0.4) is 0 Å². The van der Waals surface area contributed by atoms with E-state index >= 15 is 0 Å². The second-order valence-electron chi connectivity index (χ2n) is 6.40. The molecule has 0 amide bonds. The minimum absolute atomic E-state index is 0.0483. The number of carbonyl (C=O) groups excluding carboxylic acids is 1. The standard InChI is InChI=1S/C23H13Cl3O5/c24-13-9-10-19(17(26)11-13)29-12-20(27)31-23-21(28)15-6-2-4-8-18(15)30-22(23)14-5-1-3-7-16(14)25/h1-11H,12H2. The predicted molar refractivity (Wildman–Crippen MR) is 121 cm³/mol. The lowest BCUT2D eigenvalue weighted by atomic mass is 10.1. The van der Waals surface area contributed by atoms with Gasteiger partial charge in [-0.1, -0.05) is 59.1 Å². The number of hydrogen-bond acceptors (Lipinski definition) is 5. The maximum atomic E-state index is 13.1. The predicted octanol–water partition coefficient (Wildman–Crippen LogP) is 6.40. The number of rotatable bonds is 5. The van der Waals surface area contributed by atoms with Crippen molar-refractivity contribution in [1.29, 1.82) is 0 Å². The van der Waals surface area contributed by atoms with E-state index in [2.05, 4.69) is 0 Å². The van der Waals surface area contributed by atoms with Crippen molar-refractivity contribution in [3.05, 3.63) is 92.0 Å². The molecular weight excluding hydrogens is 463 g/mol. The third kappa shape index (κ3) is 4.54. The molecule has 0 fully saturated rings. The monoisotopic (exact) mass is 474 g/mol. The molecule has 0 aliphatic heterocycles. The van der Waals surface area contributed by atoms with E-state index in [-0.39, 0.29) is 27.7 Å². The lowest BCUT2D eigenvalue weighted by Crippen LogP contribution is -2.22. The zero-order valence-corrected chi connectivity index (χ0v) is 18.0. The van der Waals surface area contributed by atoms with E-state index in [1.165, 1.54) is 12.1 Å². The van der Waals surface area contributed by atoms with E-state index in [4.69, 9.17) is 48.7 Å². The van der Waals surface area contributed by atoms with Gasteiger partial charge in [0, 0.05) is 10.6 Å². The average Bonchev–Trinajstić information content (AvgIpc) is 2.75. The molecule has 0 saturated heterocycles. The topological polar surface area (TPSA) is 65.7 Å². The first-order chi connectivity index (χ1) is 14.9. The Kier molecular flexibility index (Phi) is 6.18. The third-order valence-corrected chi connectivity index (χ3v) is 5.19. The van der Waals surface area contributed by atoms with E-state index in [1.54, 1.807) is 54.6 Å². The van der Waals surface area contributed by atoms with Crippen molar-refractivity contribution in [3.63, 3.8) is 0 Å². The molecule has 0 unspecified atom stereocenters. The smallest absolute Gasteiger partial charge is 0.349 e. The molecule has 156 valence electrons. The van der Waals surface area contributed by atoms with E-state index < -0.39 is 18.0 Å². The third-order valence-electron chi connectivity index (χ3n) is 4.33. The summed E-state index contributed by atoms with van der Waals surface area (Å²) in [4.78, 5) is 25.6. The van der Waals surface area contributed by atoms with Crippen LogP contribution >= 0.6 is 34.8 Å². The molecule has 1 aromatic heterocycles. The van der Waals surface area contributed by atoms with Crippen molar-refractivity contribution in [1.82, 2.24) is 0 Å². The zero-order chi connectivity index (χ0) is 22.0. The number of carbonyl (C=O) groups is 1. The first-order valence-corrected chi connectivity index (χ1v) is 10.2. The number of ether oxygens (including phenoxy) is 2. The minimum Gasteiger partial charge on any atom is -0.480 e. The maximum Gasteiger partial charge on any atom is 0.349 e. The summed E-state index contributed by atoms with van der Waals surface area (Å²) in [5, 5.41) is 1.27. The number of esters is 1. The van der Waals surface area contributed by atoms with Gasteiger partial charge in [0.05, 0.1) is 15.4 Å². The van der Waals surface area contributed by atoms with Crippen LogP contribution in [0.5, 0.6) is 11.5 Å². The number of halogens is 3. The summed E-state index contributed by atoms with van der Waals surface area (Å²) in [6.07, 6.45) is 0. The summed E-state index contributed by atoms with van der Waals surface area (Å²) in [6.45, 7) is -0.490. The van der Waals surface area contributed by atoms with Gasteiger partial charge < -0.3 is 13.9 Å². The maximum absolute atomic E-state index is 13.1. The van der Waals surface area contributed by atoms with Crippen LogP contribution in [0.2, 0.25) is 15.1 Å². The molecule has 4 aromatic rings. The van der Waals surface area contributed by atoms with E-state index in [0.717, 1.165) is 0 Å². The van der Waals surface area contributed by atoms with Crippen molar-refractivity contribution in [3.8, 4) is 22.8 Å². The Hall–Kier alpha value is -2.99. The highest BCUT2D eigenvalue weighted by Crippen LogP contribution is 2.35. The molecule has 8 heteroatoms. The molecule has 4 rings (SSSR count). The van der Waals surface area contributed by atoms with Crippen molar-refractivity contribution >= 4 is 51.7 Å². The molecule has 1 heterocycles. The van der Waals surface area contributed by atoms with E-state index in [1.807, 2.05) is 0 Å². The van der Waals surface area contributed by atoms with Crippen LogP contribution in [0.15, 0.2) is 75.9 Å². The number of para-hydroxylation sites is 1. The summed E-state index contributed by atoms with van der Waals surface area (Å²) in [6, 6.07) is 18.0. The SMILES string of the molecule is O=C(COc1ccc(Cl)cc1Cl)Oc1c(-c2ccccc2Cl)oc2ccccc2c1=O. The zero-order valence-electron chi connectivity index (χ0n) is 15.7. The average molecular weight is 476 g/mol. The molecule has 5 nitrogen and oxygen atoms in total. The summed E-state index contributed by atoms with van der Waals surface area (Å²) >= 11 is 18.2. The Morgan fingerprint density at radius 2 is 1.65 bits per heavy atom.